The lowest BCUT2D eigenvalue weighted by atomic mass is 10.1. The van der Waals surface area contributed by atoms with E-state index in [0.717, 1.165) is 16.8 Å². The number of benzene rings is 1. The molecule has 19 heavy (non-hydrogen) atoms. The minimum atomic E-state index is -0.0351. The van der Waals surface area contributed by atoms with Gasteiger partial charge in [-0.05, 0) is 36.2 Å². The Hall–Kier alpha value is -2.36. The quantitative estimate of drug-likeness (QED) is 0.860. The fourth-order valence-corrected chi connectivity index (χ4v) is 1.68. The summed E-state index contributed by atoms with van der Waals surface area (Å²) < 4.78 is 0. The van der Waals surface area contributed by atoms with Crippen LogP contribution in [0, 0.1) is 6.92 Å². The maximum atomic E-state index is 11.7. The van der Waals surface area contributed by atoms with Gasteiger partial charge in [-0.25, -0.2) is 0 Å². The molecular formula is C15H17N3O. The molecule has 0 unspecified atom stereocenters. The Morgan fingerprint density at radius 3 is 2.74 bits per heavy atom. The highest BCUT2D eigenvalue weighted by Crippen LogP contribution is 2.05. The number of aromatic nitrogens is 1. The van der Waals surface area contributed by atoms with E-state index in [1.165, 1.54) is 0 Å². The van der Waals surface area contributed by atoms with Crippen molar-refractivity contribution in [1.82, 2.24) is 10.3 Å². The minimum absolute atomic E-state index is 0.0351. The number of amides is 1. The van der Waals surface area contributed by atoms with Crippen LogP contribution in [-0.2, 0) is 11.3 Å². The van der Waals surface area contributed by atoms with Gasteiger partial charge < -0.3 is 10.6 Å². The molecule has 0 saturated carbocycles. The van der Waals surface area contributed by atoms with Gasteiger partial charge in [-0.3, -0.25) is 9.78 Å². The third kappa shape index (κ3) is 4.10. The average molecular weight is 255 g/mol. The maximum absolute atomic E-state index is 11.7. The SMILES string of the molecule is Cc1ccncc1CNC(=O)CNc1ccccc1. The predicted octanol–water partition coefficient (Wildman–Crippen LogP) is 2.12. The molecular weight excluding hydrogens is 238 g/mol. The average Bonchev–Trinajstić information content (AvgIpc) is 2.45. The smallest absolute Gasteiger partial charge is 0.239 e. The normalized spacial score (nSPS) is 9.95. The molecule has 0 aliphatic rings. The van der Waals surface area contributed by atoms with Gasteiger partial charge in [0.15, 0.2) is 0 Å². The number of rotatable bonds is 5. The first-order valence-corrected chi connectivity index (χ1v) is 6.21. The van der Waals surface area contributed by atoms with Crippen molar-refractivity contribution in [3.63, 3.8) is 0 Å². The molecule has 1 heterocycles. The van der Waals surface area contributed by atoms with Gasteiger partial charge in [0.05, 0.1) is 6.54 Å². The summed E-state index contributed by atoms with van der Waals surface area (Å²) in [5, 5.41) is 5.94. The number of anilines is 1. The largest absolute Gasteiger partial charge is 0.376 e. The van der Waals surface area contributed by atoms with E-state index in [1.54, 1.807) is 12.4 Å². The summed E-state index contributed by atoms with van der Waals surface area (Å²) in [5.41, 5.74) is 3.11. The van der Waals surface area contributed by atoms with Crippen LogP contribution in [0.15, 0.2) is 48.8 Å². The number of para-hydroxylation sites is 1. The molecule has 0 saturated heterocycles. The lowest BCUT2D eigenvalue weighted by molar-refractivity contribution is -0.119. The molecule has 0 atom stereocenters. The van der Waals surface area contributed by atoms with Crippen LogP contribution in [0.25, 0.3) is 0 Å². The molecule has 0 fully saturated rings. The van der Waals surface area contributed by atoms with Gasteiger partial charge in [-0.1, -0.05) is 18.2 Å². The molecule has 4 heteroatoms. The second-order valence-electron chi connectivity index (χ2n) is 4.30. The van der Waals surface area contributed by atoms with E-state index in [9.17, 15) is 4.79 Å². The van der Waals surface area contributed by atoms with Gasteiger partial charge in [0.25, 0.3) is 0 Å². The zero-order valence-electron chi connectivity index (χ0n) is 10.9. The van der Waals surface area contributed by atoms with Crippen molar-refractivity contribution in [3.8, 4) is 0 Å². The van der Waals surface area contributed by atoms with Crippen molar-refractivity contribution in [2.45, 2.75) is 13.5 Å². The molecule has 0 aliphatic carbocycles. The monoisotopic (exact) mass is 255 g/mol. The van der Waals surface area contributed by atoms with E-state index in [4.69, 9.17) is 0 Å². The van der Waals surface area contributed by atoms with E-state index in [1.807, 2.05) is 43.3 Å². The van der Waals surface area contributed by atoms with Crippen LogP contribution in [0.4, 0.5) is 5.69 Å². The van der Waals surface area contributed by atoms with Crippen molar-refractivity contribution >= 4 is 11.6 Å². The Morgan fingerprint density at radius 2 is 2.00 bits per heavy atom. The standard InChI is InChI=1S/C15H17N3O/c1-12-7-8-16-9-13(12)10-18-15(19)11-17-14-5-3-2-4-6-14/h2-9,17H,10-11H2,1H3,(H,18,19). The number of nitrogens with zero attached hydrogens (tertiary/aromatic N) is 1. The summed E-state index contributed by atoms with van der Waals surface area (Å²) in [6.07, 6.45) is 3.53. The Morgan fingerprint density at radius 1 is 1.21 bits per heavy atom. The molecule has 1 aromatic carbocycles. The van der Waals surface area contributed by atoms with Crippen LogP contribution in [0.3, 0.4) is 0 Å². The zero-order chi connectivity index (χ0) is 13.5. The Balaban J connectivity index is 1.78. The topological polar surface area (TPSA) is 54.0 Å². The summed E-state index contributed by atoms with van der Waals surface area (Å²) in [5.74, 6) is -0.0351. The van der Waals surface area contributed by atoms with Gasteiger partial charge in [0.1, 0.15) is 0 Å². The molecule has 0 bridgehead atoms. The van der Waals surface area contributed by atoms with Crippen LogP contribution in [0.1, 0.15) is 11.1 Å². The first kappa shape index (κ1) is 13.1. The molecule has 4 nitrogen and oxygen atoms in total. The first-order valence-electron chi connectivity index (χ1n) is 6.21. The number of aryl methyl sites for hydroxylation is 1. The molecule has 1 aromatic heterocycles. The van der Waals surface area contributed by atoms with E-state index < -0.39 is 0 Å². The molecule has 0 radical (unpaired) electrons. The van der Waals surface area contributed by atoms with Gasteiger partial charge in [0.2, 0.25) is 5.91 Å². The van der Waals surface area contributed by atoms with Gasteiger partial charge in [-0.15, -0.1) is 0 Å². The molecule has 2 aromatic rings. The van der Waals surface area contributed by atoms with Crippen molar-refractivity contribution in [1.29, 1.82) is 0 Å². The third-order valence-corrected chi connectivity index (χ3v) is 2.85. The van der Waals surface area contributed by atoms with Crippen LogP contribution >= 0.6 is 0 Å². The number of hydrogen-bond acceptors (Lipinski definition) is 3. The van der Waals surface area contributed by atoms with E-state index >= 15 is 0 Å². The van der Waals surface area contributed by atoms with Crippen LogP contribution in [0.2, 0.25) is 0 Å². The second-order valence-corrected chi connectivity index (χ2v) is 4.30. The maximum Gasteiger partial charge on any atom is 0.239 e. The van der Waals surface area contributed by atoms with Crippen LogP contribution < -0.4 is 10.6 Å². The fraction of sp³-hybridized carbons (Fsp3) is 0.200. The van der Waals surface area contributed by atoms with E-state index in [2.05, 4.69) is 15.6 Å². The number of hydrogen-bond donors (Lipinski definition) is 2. The van der Waals surface area contributed by atoms with Crippen LogP contribution in [-0.4, -0.2) is 17.4 Å². The van der Waals surface area contributed by atoms with Crippen molar-refractivity contribution in [2.24, 2.45) is 0 Å². The minimum Gasteiger partial charge on any atom is -0.376 e. The molecule has 2 rings (SSSR count). The van der Waals surface area contributed by atoms with Gasteiger partial charge >= 0.3 is 0 Å². The van der Waals surface area contributed by atoms with Crippen molar-refractivity contribution in [3.05, 3.63) is 59.9 Å². The summed E-state index contributed by atoms with van der Waals surface area (Å²) in [6.45, 7) is 2.78. The number of carbonyl (C=O) groups excluding carboxylic acids is 1. The third-order valence-electron chi connectivity index (χ3n) is 2.85. The second kappa shape index (κ2) is 6.54. The van der Waals surface area contributed by atoms with Gasteiger partial charge in [-0.2, -0.15) is 0 Å². The molecule has 0 aliphatic heterocycles. The molecule has 0 spiro atoms. The number of carbonyl (C=O) groups is 1. The number of pyridine rings is 1. The van der Waals surface area contributed by atoms with E-state index in [0.29, 0.717) is 6.54 Å². The predicted molar refractivity (Wildman–Crippen MR) is 75.8 cm³/mol. The van der Waals surface area contributed by atoms with E-state index in [-0.39, 0.29) is 12.5 Å². The summed E-state index contributed by atoms with van der Waals surface area (Å²) in [4.78, 5) is 15.8. The first-order chi connectivity index (χ1) is 9.25. The summed E-state index contributed by atoms with van der Waals surface area (Å²) in [6, 6.07) is 11.6. The highest BCUT2D eigenvalue weighted by atomic mass is 16.1. The Kier molecular flexibility index (Phi) is 4.50. The molecule has 2 N–H and O–H groups in total. The van der Waals surface area contributed by atoms with Crippen molar-refractivity contribution < 1.29 is 4.79 Å². The highest BCUT2D eigenvalue weighted by Gasteiger charge is 2.02. The molecule has 1 amide bonds. The Labute approximate surface area is 112 Å². The highest BCUT2D eigenvalue weighted by molar-refractivity contribution is 5.80. The van der Waals surface area contributed by atoms with Gasteiger partial charge in [0, 0.05) is 24.6 Å². The van der Waals surface area contributed by atoms with Crippen molar-refractivity contribution in [2.75, 3.05) is 11.9 Å². The zero-order valence-corrected chi connectivity index (χ0v) is 10.9. The van der Waals surface area contributed by atoms with Crippen LogP contribution in [0.5, 0.6) is 0 Å². The summed E-state index contributed by atoms with van der Waals surface area (Å²) >= 11 is 0. The fourth-order valence-electron chi connectivity index (χ4n) is 1.68. The number of nitrogens with one attached hydrogen (secondary N) is 2. The lowest BCUT2D eigenvalue weighted by Crippen LogP contribution is -2.29. The Bertz CT molecular complexity index is 540. The summed E-state index contributed by atoms with van der Waals surface area (Å²) in [7, 11) is 0. The lowest BCUT2D eigenvalue weighted by Gasteiger charge is -2.09. The molecule has 98 valence electrons.